The van der Waals surface area contributed by atoms with Crippen molar-refractivity contribution in [1.82, 2.24) is 9.21 Å². The van der Waals surface area contributed by atoms with Gasteiger partial charge < -0.3 is 4.90 Å². The van der Waals surface area contributed by atoms with Crippen LogP contribution in [0.4, 0.5) is 0 Å². The first kappa shape index (κ1) is 20.3. The molecule has 0 aromatic heterocycles. The Labute approximate surface area is 163 Å². The number of hydrogen-bond acceptors (Lipinski definition) is 3. The highest BCUT2D eigenvalue weighted by Crippen LogP contribution is 2.28. The Balaban J connectivity index is 1.87. The van der Waals surface area contributed by atoms with Crippen LogP contribution in [-0.2, 0) is 10.0 Å². The van der Waals surface area contributed by atoms with Crippen LogP contribution in [0, 0.1) is 11.8 Å². The minimum atomic E-state index is -3.58. The third-order valence-corrected chi connectivity index (χ3v) is 7.81. The number of carbonyl (C=O) groups is 1. The van der Waals surface area contributed by atoms with E-state index in [1.807, 2.05) is 4.90 Å². The van der Waals surface area contributed by atoms with Crippen LogP contribution in [-0.4, -0.2) is 48.7 Å². The maximum Gasteiger partial charge on any atom is 0.254 e. The van der Waals surface area contributed by atoms with Crippen molar-refractivity contribution in [3.63, 3.8) is 0 Å². The van der Waals surface area contributed by atoms with Crippen LogP contribution < -0.4 is 0 Å². The first-order chi connectivity index (χ1) is 12.7. The average Bonchev–Trinajstić information content (AvgIpc) is 2.60. The number of nitrogens with zero attached hydrogens (tertiary/aromatic N) is 2. The zero-order valence-electron chi connectivity index (χ0n) is 16.9. The second-order valence-electron chi connectivity index (χ2n) is 8.64. The molecule has 0 N–H and O–H groups in total. The Hall–Kier alpha value is -1.40. The number of benzene rings is 1. The summed E-state index contributed by atoms with van der Waals surface area (Å²) in [5.41, 5.74) is 0.467. The van der Waals surface area contributed by atoms with Gasteiger partial charge in [0, 0.05) is 30.7 Å². The highest BCUT2D eigenvalue weighted by molar-refractivity contribution is 7.89. The summed E-state index contributed by atoms with van der Waals surface area (Å²) in [5.74, 6) is 0.638. The Bertz CT molecular complexity index is 772. The summed E-state index contributed by atoms with van der Waals surface area (Å²) >= 11 is 0. The highest BCUT2D eigenvalue weighted by atomic mass is 32.2. The van der Waals surface area contributed by atoms with Crippen LogP contribution in [0.15, 0.2) is 29.2 Å². The third kappa shape index (κ3) is 4.21. The van der Waals surface area contributed by atoms with Gasteiger partial charge in [0.1, 0.15) is 0 Å². The van der Waals surface area contributed by atoms with E-state index in [1.165, 1.54) is 0 Å². The lowest BCUT2D eigenvalue weighted by Crippen LogP contribution is -2.47. The van der Waals surface area contributed by atoms with Crippen molar-refractivity contribution in [1.29, 1.82) is 0 Å². The molecular weight excluding hydrogens is 360 g/mol. The molecule has 3 rings (SSSR count). The van der Waals surface area contributed by atoms with Crippen LogP contribution in [0.3, 0.4) is 0 Å². The Kier molecular flexibility index (Phi) is 5.96. The van der Waals surface area contributed by atoms with Crippen molar-refractivity contribution in [2.45, 2.75) is 70.4 Å². The molecule has 0 bridgehead atoms. The molecule has 150 valence electrons. The standard InChI is InChI=1S/C21H32N2O3S/c1-15-11-16(2)14-22(13-15)27(25,26)20-10-6-9-19(12-20)21(24)23-17(3)7-5-8-18(23)4/h6,9-10,12,15-18H,5,7-8,11,13-14H2,1-4H3. The number of rotatable bonds is 3. The van der Waals surface area contributed by atoms with Gasteiger partial charge in [-0.2, -0.15) is 4.31 Å². The smallest absolute Gasteiger partial charge is 0.254 e. The third-order valence-electron chi connectivity index (χ3n) is 5.98. The molecule has 5 nitrogen and oxygen atoms in total. The molecule has 0 spiro atoms. The lowest BCUT2D eigenvalue weighted by molar-refractivity contribution is 0.0510. The van der Waals surface area contributed by atoms with Crippen LogP contribution in [0.5, 0.6) is 0 Å². The molecule has 1 aromatic rings. The van der Waals surface area contributed by atoms with Gasteiger partial charge in [0.25, 0.3) is 5.91 Å². The van der Waals surface area contributed by atoms with Gasteiger partial charge in [-0.15, -0.1) is 0 Å². The van der Waals surface area contributed by atoms with Gasteiger partial charge in [-0.25, -0.2) is 8.42 Å². The largest absolute Gasteiger partial charge is 0.333 e. The van der Waals surface area contributed by atoms with Crippen LogP contribution in [0.2, 0.25) is 0 Å². The summed E-state index contributed by atoms with van der Waals surface area (Å²) in [6.07, 6.45) is 4.18. The molecule has 1 amide bonds. The van der Waals surface area contributed by atoms with E-state index in [1.54, 1.807) is 28.6 Å². The van der Waals surface area contributed by atoms with Crippen molar-refractivity contribution >= 4 is 15.9 Å². The maximum absolute atomic E-state index is 13.2. The molecule has 0 saturated carbocycles. The van der Waals surface area contributed by atoms with Gasteiger partial charge in [0.05, 0.1) is 4.90 Å². The highest BCUT2D eigenvalue weighted by Gasteiger charge is 2.33. The lowest BCUT2D eigenvalue weighted by Gasteiger charge is -2.39. The number of likely N-dealkylation sites (tertiary alicyclic amines) is 1. The summed E-state index contributed by atoms with van der Waals surface area (Å²) in [4.78, 5) is 15.2. The van der Waals surface area contributed by atoms with E-state index < -0.39 is 10.0 Å². The van der Waals surface area contributed by atoms with Gasteiger partial charge >= 0.3 is 0 Å². The van der Waals surface area contributed by atoms with Gasteiger partial charge in [-0.1, -0.05) is 19.9 Å². The summed E-state index contributed by atoms with van der Waals surface area (Å²) in [7, 11) is -3.58. The lowest BCUT2D eigenvalue weighted by atomic mass is 9.94. The van der Waals surface area contributed by atoms with E-state index in [9.17, 15) is 13.2 Å². The molecular formula is C21H32N2O3S. The van der Waals surface area contributed by atoms with E-state index in [-0.39, 0.29) is 22.9 Å². The number of carbonyl (C=O) groups excluding carboxylic acids is 1. The fraction of sp³-hybridized carbons (Fsp3) is 0.667. The van der Waals surface area contributed by atoms with E-state index in [2.05, 4.69) is 27.7 Å². The van der Waals surface area contributed by atoms with E-state index in [0.717, 1.165) is 25.7 Å². The molecule has 4 unspecified atom stereocenters. The van der Waals surface area contributed by atoms with E-state index in [4.69, 9.17) is 0 Å². The molecule has 1 aromatic carbocycles. The molecule has 2 aliphatic heterocycles. The molecule has 2 saturated heterocycles. The zero-order chi connectivity index (χ0) is 19.8. The fourth-order valence-electron chi connectivity index (χ4n) is 4.71. The summed E-state index contributed by atoms with van der Waals surface area (Å²) in [6.45, 7) is 9.43. The summed E-state index contributed by atoms with van der Waals surface area (Å²) in [6, 6.07) is 6.97. The first-order valence-corrected chi connectivity index (χ1v) is 11.6. The predicted octanol–water partition coefficient (Wildman–Crippen LogP) is 3.76. The quantitative estimate of drug-likeness (QED) is 0.787. The minimum absolute atomic E-state index is 0.0628. The number of hydrogen-bond donors (Lipinski definition) is 0. The first-order valence-electron chi connectivity index (χ1n) is 10.1. The van der Waals surface area contributed by atoms with Gasteiger partial charge in [0.2, 0.25) is 10.0 Å². The van der Waals surface area contributed by atoms with Crippen molar-refractivity contribution in [2.75, 3.05) is 13.1 Å². The molecule has 2 aliphatic rings. The van der Waals surface area contributed by atoms with E-state index in [0.29, 0.717) is 30.5 Å². The molecule has 27 heavy (non-hydrogen) atoms. The molecule has 2 fully saturated rings. The topological polar surface area (TPSA) is 57.7 Å². The zero-order valence-corrected chi connectivity index (χ0v) is 17.7. The maximum atomic E-state index is 13.2. The Morgan fingerprint density at radius 3 is 2.19 bits per heavy atom. The number of piperidine rings is 2. The van der Waals surface area contributed by atoms with Crippen molar-refractivity contribution < 1.29 is 13.2 Å². The number of sulfonamides is 1. The second-order valence-corrected chi connectivity index (χ2v) is 10.6. The predicted molar refractivity (Wildman–Crippen MR) is 107 cm³/mol. The molecule has 6 heteroatoms. The van der Waals surface area contributed by atoms with Gasteiger partial charge in [-0.05, 0) is 69.6 Å². The van der Waals surface area contributed by atoms with Crippen LogP contribution >= 0.6 is 0 Å². The SMILES string of the molecule is CC1CC(C)CN(S(=O)(=O)c2cccc(C(=O)N3C(C)CCCC3C)c2)C1. The van der Waals surface area contributed by atoms with Gasteiger partial charge in [-0.3, -0.25) is 4.79 Å². The minimum Gasteiger partial charge on any atom is -0.333 e. The molecule has 0 aliphatic carbocycles. The fourth-order valence-corrected chi connectivity index (χ4v) is 6.44. The van der Waals surface area contributed by atoms with Crippen molar-refractivity contribution in [3.8, 4) is 0 Å². The van der Waals surface area contributed by atoms with Crippen LogP contribution in [0.1, 0.15) is 63.7 Å². The van der Waals surface area contributed by atoms with Crippen LogP contribution in [0.25, 0.3) is 0 Å². The normalized spacial score (nSPS) is 30.3. The van der Waals surface area contributed by atoms with Gasteiger partial charge in [0.15, 0.2) is 0 Å². The summed E-state index contributed by atoms with van der Waals surface area (Å²) in [5, 5.41) is 0. The van der Waals surface area contributed by atoms with E-state index >= 15 is 0 Å². The number of amides is 1. The molecule has 4 atom stereocenters. The summed E-state index contributed by atoms with van der Waals surface area (Å²) < 4.78 is 27.9. The average molecular weight is 393 g/mol. The Morgan fingerprint density at radius 2 is 1.59 bits per heavy atom. The molecule has 0 radical (unpaired) electrons. The van der Waals surface area contributed by atoms with Crippen molar-refractivity contribution in [2.24, 2.45) is 11.8 Å². The Morgan fingerprint density at radius 1 is 1.00 bits per heavy atom. The second kappa shape index (κ2) is 7.92. The monoisotopic (exact) mass is 392 g/mol. The molecule has 2 heterocycles. The van der Waals surface area contributed by atoms with Crippen molar-refractivity contribution in [3.05, 3.63) is 29.8 Å².